The van der Waals surface area contributed by atoms with Crippen LogP contribution in [-0.4, -0.2) is 28.0 Å². The van der Waals surface area contributed by atoms with Crippen LogP contribution in [-0.2, 0) is 11.3 Å². The second-order valence-corrected chi connectivity index (χ2v) is 10.7. The van der Waals surface area contributed by atoms with Gasteiger partial charge in [0.2, 0.25) is 11.3 Å². The lowest BCUT2D eigenvalue weighted by molar-refractivity contribution is -0.169. The number of carbonyl (C=O) groups is 2. The Morgan fingerprint density at radius 3 is 2.71 bits per heavy atom. The van der Waals surface area contributed by atoms with Gasteiger partial charge in [-0.3, -0.25) is 9.59 Å². The zero-order valence-electron chi connectivity index (χ0n) is 19.8. The number of amides is 1. The minimum atomic E-state index is -2.13. The number of nitrogens with one attached hydrogen (secondary N) is 2. The van der Waals surface area contributed by atoms with Crippen LogP contribution in [0.25, 0.3) is 0 Å². The van der Waals surface area contributed by atoms with Crippen molar-refractivity contribution < 1.29 is 19.4 Å². The first-order chi connectivity index (χ1) is 16.7. The minimum absolute atomic E-state index is 0.172. The second-order valence-electron chi connectivity index (χ2n) is 9.82. The molecule has 3 aromatic rings. The summed E-state index contributed by atoms with van der Waals surface area (Å²) in [6.07, 6.45) is 5.95. The number of aromatic nitrogens is 1. The van der Waals surface area contributed by atoms with E-state index in [0.717, 1.165) is 22.4 Å². The third-order valence-electron chi connectivity index (χ3n) is 8.09. The van der Waals surface area contributed by atoms with Gasteiger partial charge >= 0.3 is 0 Å². The normalized spacial score (nSPS) is 28.1. The average molecular weight is 490 g/mol. The fourth-order valence-corrected chi connectivity index (χ4v) is 6.52. The Labute approximate surface area is 207 Å². The molecule has 7 nitrogen and oxygen atoms in total. The van der Waals surface area contributed by atoms with Crippen LogP contribution in [0.4, 0.5) is 5.69 Å². The number of ketones is 1. The highest BCUT2D eigenvalue weighted by Gasteiger charge is 2.72. The van der Waals surface area contributed by atoms with Gasteiger partial charge in [0.05, 0.1) is 5.56 Å². The lowest BCUT2D eigenvalue weighted by Gasteiger charge is -2.35. The zero-order valence-corrected chi connectivity index (χ0v) is 20.6. The van der Waals surface area contributed by atoms with E-state index in [1.807, 2.05) is 31.4 Å². The molecule has 0 saturated heterocycles. The maximum absolute atomic E-state index is 14.1. The fourth-order valence-electron chi connectivity index (χ4n) is 5.94. The van der Waals surface area contributed by atoms with E-state index in [4.69, 9.17) is 10.5 Å². The third kappa shape index (κ3) is 2.72. The van der Waals surface area contributed by atoms with Crippen LogP contribution in [0.2, 0.25) is 0 Å². The molecule has 5 N–H and O–H groups in total. The predicted molar refractivity (Wildman–Crippen MR) is 134 cm³/mol. The largest absolute Gasteiger partial charge is 0.454 e. The van der Waals surface area contributed by atoms with Crippen LogP contribution >= 0.6 is 11.8 Å². The van der Waals surface area contributed by atoms with E-state index < -0.39 is 23.0 Å². The molecule has 1 aliphatic heterocycles. The van der Waals surface area contributed by atoms with E-state index in [9.17, 15) is 14.7 Å². The number of aliphatic hydroxyl groups is 1. The van der Waals surface area contributed by atoms with Gasteiger partial charge in [-0.25, -0.2) is 0 Å². The summed E-state index contributed by atoms with van der Waals surface area (Å²) < 4.78 is 6.21. The number of anilines is 1. The molecular formula is C27H27N3O4S. The molecular weight excluding hydrogens is 462 g/mol. The van der Waals surface area contributed by atoms with E-state index in [1.54, 1.807) is 24.4 Å². The number of hydrogen-bond donors (Lipinski definition) is 4. The summed E-state index contributed by atoms with van der Waals surface area (Å²) in [6, 6.07) is 10.6. The molecule has 1 saturated carbocycles. The van der Waals surface area contributed by atoms with Gasteiger partial charge in [0.1, 0.15) is 11.4 Å². The number of thioether (sulfide) groups is 1. The van der Waals surface area contributed by atoms with Gasteiger partial charge in [-0.05, 0) is 61.1 Å². The maximum atomic E-state index is 14.1. The monoisotopic (exact) mass is 489 g/mol. The van der Waals surface area contributed by atoms with Crippen LogP contribution in [0.15, 0.2) is 47.5 Å². The van der Waals surface area contributed by atoms with Crippen LogP contribution in [0.3, 0.4) is 0 Å². The molecule has 4 unspecified atom stereocenters. The van der Waals surface area contributed by atoms with Gasteiger partial charge in [-0.1, -0.05) is 31.2 Å². The highest BCUT2D eigenvalue weighted by Crippen LogP contribution is 2.59. The Kier molecular flexibility index (Phi) is 4.69. The van der Waals surface area contributed by atoms with Crippen molar-refractivity contribution in [3.63, 3.8) is 0 Å². The first kappa shape index (κ1) is 22.2. The molecule has 2 aliphatic carbocycles. The summed E-state index contributed by atoms with van der Waals surface area (Å²) in [6.45, 7) is 4.06. The van der Waals surface area contributed by atoms with E-state index >= 15 is 0 Å². The van der Waals surface area contributed by atoms with Gasteiger partial charge < -0.3 is 25.9 Å². The molecule has 3 aliphatic rings. The predicted octanol–water partition coefficient (Wildman–Crippen LogP) is 4.20. The molecule has 1 aromatic heterocycles. The van der Waals surface area contributed by atoms with Crippen LogP contribution < -0.4 is 15.8 Å². The molecule has 0 spiro atoms. The number of ether oxygens (including phenoxy) is 1. The van der Waals surface area contributed by atoms with Gasteiger partial charge in [0, 0.05) is 27.9 Å². The van der Waals surface area contributed by atoms with Crippen molar-refractivity contribution in [2.45, 2.75) is 48.8 Å². The second kappa shape index (κ2) is 7.38. The molecule has 6 rings (SSSR count). The van der Waals surface area contributed by atoms with Crippen molar-refractivity contribution in [3.05, 3.63) is 76.1 Å². The van der Waals surface area contributed by atoms with Crippen LogP contribution in [0.1, 0.15) is 68.8 Å². The Balaban J connectivity index is 1.52. The first-order valence-electron chi connectivity index (χ1n) is 11.8. The van der Waals surface area contributed by atoms with Gasteiger partial charge in [0.25, 0.3) is 11.7 Å². The number of benzene rings is 2. The molecule has 35 heavy (non-hydrogen) atoms. The molecule has 2 aromatic carbocycles. The van der Waals surface area contributed by atoms with Crippen LogP contribution in [0.5, 0.6) is 5.75 Å². The van der Waals surface area contributed by atoms with Crippen molar-refractivity contribution in [1.82, 2.24) is 10.3 Å². The number of fused-ring (bicyclic) bond motifs is 5. The number of Topliss-reactive ketones (excluding diaryl/α,β-unsaturated/α-hetero) is 1. The zero-order chi connectivity index (χ0) is 24.7. The Morgan fingerprint density at radius 1 is 1.26 bits per heavy atom. The van der Waals surface area contributed by atoms with E-state index in [1.165, 1.54) is 18.2 Å². The highest BCUT2D eigenvalue weighted by molar-refractivity contribution is 7.98. The molecule has 4 atom stereocenters. The lowest BCUT2D eigenvalue weighted by atomic mass is 9.70. The summed E-state index contributed by atoms with van der Waals surface area (Å²) in [5, 5.41) is 15.0. The standard InChI is InChI=1S/C27H27N3O4S/c1-13-7-9-16(13)15-8-10-17-20(11-15)34-27(33)18-5-4-6-19(28)22(18)24(31)26(17,27)30-25(32)23-14(2)21(35-3)12-29-23/h4-6,8,10-13,16,29,33H,7,9,28H2,1-3H3,(H,30,32). The molecule has 1 fully saturated rings. The molecule has 2 heterocycles. The van der Waals surface area contributed by atoms with Gasteiger partial charge in [0.15, 0.2) is 0 Å². The van der Waals surface area contributed by atoms with Gasteiger partial charge in [-0.15, -0.1) is 11.8 Å². The lowest BCUT2D eigenvalue weighted by Crippen LogP contribution is -2.60. The molecule has 0 radical (unpaired) electrons. The van der Waals surface area contributed by atoms with Gasteiger partial charge in [-0.2, -0.15) is 0 Å². The number of nitrogens with two attached hydrogens (primary N) is 1. The SMILES string of the molecule is CSc1c[nH]c(C(=O)NC23C(=O)c4c(N)cccc4C2(O)Oc2cc(C4CCC4C)ccc23)c1C. The Morgan fingerprint density at radius 2 is 2.06 bits per heavy atom. The number of aromatic amines is 1. The minimum Gasteiger partial charge on any atom is -0.454 e. The number of carbonyl (C=O) groups excluding carboxylic acids is 2. The summed E-state index contributed by atoms with van der Waals surface area (Å²) >= 11 is 1.52. The summed E-state index contributed by atoms with van der Waals surface area (Å²) in [7, 11) is 0. The summed E-state index contributed by atoms with van der Waals surface area (Å²) in [5.41, 5.74) is 7.62. The summed E-state index contributed by atoms with van der Waals surface area (Å²) in [4.78, 5) is 31.6. The topological polar surface area (TPSA) is 117 Å². The van der Waals surface area contributed by atoms with E-state index in [2.05, 4.69) is 17.2 Å². The fraction of sp³-hybridized carbons (Fsp3) is 0.333. The Hall–Kier alpha value is -3.23. The molecule has 180 valence electrons. The quantitative estimate of drug-likeness (QED) is 0.322. The first-order valence-corrected chi connectivity index (χ1v) is 13.0. The molecule has 8 heteroatoms. The van der Waals surface area contributed by atoms with E-state index in [-0.39, 0.29) is 16.8 Å². The number of hydrogen-bond acceptors (Lipinski definition) is 6. The van der Waals surface area contributed by atoms with Crippen molar-refractivity contribution in [1.29, 1.82) is 0 Å². The third-order valence-corrected chi connectivity index (χ3v) is 8.96. The van der Waals surface area contributed by atoms with E-state index in [0.29, 0.717) is 28.8 Å². The van der Waals surface area contributed by atoms with Crippen molar-refractivity contribution >= 4 is 29.1 Å². The maximum Gasteiger partial charge on any atom is 0.271 e. The van der Waals surface area contributed by atoms with Crippen LogP contribution in [0, 0.1) is 12.8 Å². The number of H-pyrrole nitrogens is 1. The molecule has 1 amide bonds. The highest BCUT2D eigenvalue weighted by atomic mass is 32.2. The average Bonchev–Trinajstić information content (AvgIpc) is 3.38. The van der Waals surface area contributed by atoms with Crippen molar-refractivity contribution in [2.75, 3.05) is 12.0 Å². The van der Waals surface area contributed by atoms with Crippen molar-refractivity contribution in [2.24, 2.45) is 5.92 Å². The molecule has 0 bridgehead atoms. The Bertz CT molecular complexity index is 1420. The smallest absolute Gasteiger partial charge is 0.271 e. The number of rotatable bonds is 4. The van der Waals surface area contributed by atoms with Crippen molar-refractivity contribution in [3.8, 4) is 5.75 Å². The number of nitrogen functional groups attached to an aromatic ring is 1. The summed E-state index contributed by atoms with van der Waals surface area (Å²) in [5.74, 6) is -1.74.